The molecular weight excluding hydrogens is 171 g/mol. The maximum atomic E-state index is 4.67. The van der Waals surface area contributed by atoms with E-state index in [9.17, 15) is 0 Å². The molecule has 1 heterocycles. The molecule has 0 fully saturated rings. The zero-order valence-electron chi connectivity index (χ0n) is 9.17. The lowest BCUT2D eigenvalue weighted by atomic mass is 9.61. The second-order valence-electron chi connectivity index (χ2n) is 4.06. The van der Waals surface area contributed by atoms with Crippen molar-refractivity contribution in [2.45, 2.75) is 45.8 Å². The fraction of sp³-hybridized carbons (Fsp3) is 0.636. The lowest BCUT2D eigenvalue weighted by molar-refractivity contribution is 0.622. The summed E-state index contributed by atoms with van der Waals surface area (Å²) in [5.41, 5.74) is 4.61. The molecule has 3 heteroatoms. The predicted octanol–water partition coefficient (Wildman–Crippen LogP) is 2.22. The number of rotatable bonds is 1. The van der Waals surface area contributed by atoms with Crippen molar-refractivity contribution < 1.29 is 0 Å². The molecule has 14 heavy (non-hydrogen) atoms. The minimum atomic E-state index is 0.533. The summed E-state index contributed by atoms with van der Waals surface area (Å²) < 4.78 is 0. The molecule has 73 valence electrons. The third-order valence-electron chi connectivity index (χ3n) is 3.09. The van der Waals surface area contributed by atoms with Crippen molar-refractivity contribution in [2.24, 2.45) is 0 Å². The Hall–Kier alpha value is -0.855. The Kier molecular flexibility index (Phi) is 2.57. The van der Waals surface area contributed by atoms with Gasteiger partial charge in [0.1, 0.15) is 7.28 Å². The Morgan fingerprint density at radius 2 is 1.93 bits per heavy atom. The fourth-order valence-corrected chi connectivity index (χ4v) is 2.10. The minimum Gasteiger partial charge on any atom is -0.255 e. The van der Waals surface area contributed by atoms with Crippen molar-refractivity contribution in [3.63, 3.8) is 0 Å². The molecule has 1 aromatic rings. The molecule has 0 amide bonds. The van der Waals surface area contributed by atoms with Gasteiger partial charge in [-0.1, -0.05) is 13.2 Å². The molecule has 0 bridgehead atoms. The zero-order valence-corrected chi connectivity index (χ0v) is 9.17. The van der Waals surface area contributed by atoms with Crippen LogP contribution in [0.1, 0.15) is 41.4 Å². The van der Waals surface area contributed by atoms with E-state index in [-0.39, 0.29) is 0 Å². The highest BCUT2D eigenvalue weighted by atomic mass is 14.8. The first kappa shape index (κ1) is 9.69. The van der Waals surface area contributed by atoms with E-state index in [2.05, 4.69) is 24.1 Å². The van der Waals surface area contributed by atoms with Gasteiger partial charge in [0.05, 0.1) is 22.8 Å². The third kappa shape index (κ3) is 1.56. The summed E-state index contributed by atoms with van der Waals surface area (Å²) >= 11 is 0. The number of hydrogen-bond donors (Lipinski definition) is 0. The second-order valence-corrected chi connectivity index (χ2v) is 4.06. The largest absolute Gasteiger partial charge is 0.255 e. The van der Waals surface area contributed by atoms with Crippen molar-refractivity contribution in [2.75, 3.05) is 0 Å². The van der Waals surface area contributed by atoms with Gasteiger partial charge in [0.25, 0.3) is 0 Å². The summed E-state index contributed by atoms with van der Waals surface area (Å²) in [5, 5.41) is 0. The molecular formula is C11H16BN2. The van der Waals surface area contributed by atoms with E-state index in [4.69, 9.17) is 0 Å². The fourth-order valence-electron chi connectivity index (χ4n) is 2.10. The van der Waals surface area contributed by atoms with Crippen LogP contribution in [0, 0.1) is 13.8 Å². The second kappa shape index (κ2) is 3.72. The molecule has 1 radical (unpaired) electrons. The van der Waals surface area contributed by atoms with E-state index in [1.807, 2.05) is 13.8 Å². The van der Waals surface area contributed by atoms with Gasteiger partial charge >= 0.3 is 0 Å². The Morgan fingerprint density at radius 1 is 1.21 bits per heavy atom. The predicted molar refractivity (Wildman–Crippen MR) is 58.8 cm³/mol. The molecule has 0 saturated heterocycles. The van der Waals surface area contributed by atoms with Crippen molar-refractivity contribution in [3.05, 3.63) is 22.8 Å². The maximum absolute atomic E-state index is 4.67. The van der Waals surface area contributed by atoms with Crippen LogP contribution in [0.5, 0.6) is 0 Å². The highest BCUT2D eigenvalue weighted by molar-refractivity contribution is 6.35. The molecule has 0 aliphatic heterocycles. The Labute approximate surface area is 86.4 Å². The van der Waals surface area contributed by atoms with Crippen molar-refractivity contribution in [3.8, 4) is 0 Å². The average Bonchev–Trinajstić information content (AvgIpc) is 2.19. The molecule has 1 aliphatic carbocycles. The Bertz CT molecular complexity index is 349. The summed E-state index contributed by atoms with van der Waals surface area (Å²) in [6.45, 7) is 6.21. The van der Waals surface area contributed by atoms with Crippen molar-refractivity contribution in [1.29, 1.82) is 0 Å². The van der Waals surface area contributed by atoms with E-state index in [0.29, 0.717) is 5.82 Å². The number of fused-ring (bicyclic) bond motifs is 1. The van der Waals surface area contributed by atoms with Crippen LogP contribution in [0.15, 0.2) is 0 Å². The molecule has 1 atom stereocenters. The summed E-state index contributed by atoms with van der Waals surface area (Å²) in [7, 11) is 2.25. The van der Waals surface area contributed by atoms with Crippen LogP contribution in [0.25, 0.3) is 0 Å². The lowest BCUT2D eigenvalue weighted by Gasteiger charge is -2.23. The van der Waals surface area contributed by atoms with E-state index in [0.717, 1.165) is 17.8 Å². The van der Waals surface area contributed by atoms with Gasteiger partial charge < -0.3 is 0 Å². The van der Waals surface area contributed by atoms with Crippen LogP contribution >= 0.6 is 0 Å². The smallest absolute Gasteiger partial charge is 0.118 e. The Morgan fingerprint density at radius 3 is 2.64 bits per heavy atom. The first-order valence-corrected chi connectivity index (χ1v) is 5.36. The van der Waals surface area contributed by atoms with Gasteiger partial charge in [0, 0.05) is 0 Å². The quantitative estimate of drug-likeness (QED) is 0.630. The molecule has 0 spiro atoms. The van der Waals surface area contributed by atoms with Gasteiger partial charge in [-0.2, -0.15) is 0 Å². The van der Waals surface area contributed by atoms with Gasteiger partial charge in [0.2, 0.25) is 0 Å². The summed E-state index contributed by atoms with van der Waals surface area (Å²) in [6, 6.07) is 0. The van der Waals surface area contributed by atoms with Gasteiger partial charge in [-0.3, -0.25) is 9.97 Å². The van der Waals surface area contributed by atoms with Crippen LogP contribution in [0.3, 0.4) is 0 Å². The standard InChI is InChI=1S/C11H16BN2/c1-7-8(2)14-11-9(12-3)5-4-6-10(11)13-7/h9H,4-6H2,1-3H3. The maximum Gasteiger partial charge on any atom is 0.118 e. The molecule has 0 saturated carbocycles. The van der Waals surface area contributed by atoms with E-state index >= 15 is 0 Å². The van der Waals surface area contributed by atoms with Gasteiger partial charge in [-0.25, -0.2) is 0 Å². The molecule has 2 nitrogen and oxygen atoms in total. The van der Waals surface area contributed by atoms with Crippen LogP contribution in [0.2, 0.25) is 6.82 Å². The molecule has 0 aromatic carbocycles. The van der Waals surface area contributed by atoms with E-state index in [1.165, 1.54) is 24.2 Å². The zero-order chi connectivity index (χ0) is 10.1. The van der Waals surface area contributed by atoms with Crippen molar-refractivity contribution >= 4 is 7.28 Å². The summed E-state index contributed by atoms with van der Waals surface area (Å²) in [6.07, 6.45) is 3.59. The van der Waals surface area contributed by atoms with Gasteiger partial charge in [-0.05, 0) is 32.5 Å². The first-order valence-electron chi connectivity index (χ1n) is 5.36. The van der Waals surface area contributed by atoms with Crippen LogP contribution < -0.4 is 0 Å². The summed E-state index contributed by atoms with van der Waals surface area (Å²) in [5.74, 6) is 0.533. The number of hydrogen-bond acceptors (Lipinski definition) is 2. The highest BCUT2D eigenvalue weighted by Gasteiger charge is 2.22. The van der Waals surface area contributed by atoms with Crippen LogP contribution in [-0.2, 0) is 6.42 Å². The monoisotopic (exact) mass is 187 g/mol. The third-order valence-corrected chi connectivity index (χ3v) is 3.09. The minimum absolute atomic E-state index is 0.533. The SMILES string of the molecule is C[B]C1CCCc2nc(C)c(C)nc21. The van der Waals surface area contributed by atoms with Crippen LogP contribution in [-0.4, -0.2) is 17.2 Å². The highest BCUT2D eigenvalue weighted by Crippen LogP contribution is 2.28. The summed E-state index contributed by atoms with van der Waals surface area (Å²) in [4.78, 5) is 9.30. The van der Waals surface area contributed by atoms with E-state index < -0.39 is 0 Å². The molecule has 2 rings (SSSR count). The van der Waals surface area contributed by atoms with Crippen molar-refractivity contribution in [1.82, 2.24) is 9.97 Å². The lowest BCUT2D eigenvalue weighted by Crippen LogP contribution is -2.18. The van der Waals surface area contributed by atoms with Crippen LogP contribution in [0.4, 0.5) is 0 Å². The first-order chi connectivity index (χ1) is 6.72. The normalized spacial score (nSPS) is 20.4. The van der Waals surface area contributed by atoms with E-state index in [1.54, 1.807) is 0 Å². The molecule has 1 aliphatic rings. The average molecular weight is 187 g/mol. The number of nitrogens with zero attached hydrogens (tertiary/aromatic N) is 2. The number of aryl methyl sites for hydroxylation is 3. The molecule has 0 N–H and O–H groups in total. The van der Waals surface area contributed by atoms with Gasteiger partial charge in [-0.15, -0.1) is 0 Å². The number of aromatic nitrogens is 2. The molecule has 1 aromatic heterocycles. The van der Waals surface area contributed by atoms with Gasteiger partial charge in [0.15, 0.2) is 0 Å². The Balaban J connectivity index is 2.47. The topological polar surface area (TPSA) is 25.8 Å². The molecule has 1 unspecified atom stereocenters.